The second kappa shape index (κ2) is 6.39. The molecular formula is C17H19N7O. The summed E-state index contributed by atoms with van der Waals surface area (Å²) < 4.78 is 3.78. The SMILES string of the molecule is Cn1ccnc1-c1cccc(NC(=O)N[C@@H]2CCc3ncnn3C2)c1. The molecule has 0 saturated carbocycles. The van der Waals surface area contributed by atoms with Gasteiger partial charge in [0.15, 0.2) is 0 Å². The van der Waals surface area contributed by atoms with Crippen molar-refractivity contribution >= 4 is 11.7 Å². The lowest BCUT2D eigenvalue weighted by molar-refractivity contribution is 0.243. The molecule has 1 aliphatic rings. The van der Waals surface area contributed by atoms with Crippen molar-refractivity contribution in [2.75, 3.05) is 5.32 Å². The molecule has 0 spiro atoms. The number of benzene rings is 1. The highest BCUT2D eigenvalue weighted by molar-refractivity contribution is 5.90. The largest absolute Gasteiger partial charge is 0.334 e. The minimum Gasteiger partial charge on any atom is -0.334 e. The number of nitrogens with zero attached hydrogens (tertiary/aromatic N) is 5. The number of hydrogen-bond acceptors (Lipinski definition) is 4. The summed E-state index contributed by atoms with van der Waals surface area (Å²) in [6, 6.07) is 7.49. The molecule has 0 saturated heterocycles. The Hall–Kier alpha value is -3.16. The number of fused-ring (bicyclic) bond motifs is 1. The van der Waals surface area contributed by atoms with Crippen LogP contribution in [0.2, 0.25) is 0 Å². The molecule has 0 bridgehead atoms. The van der Waals surface area contributed by atoms with Gasteiger partial charge in [0, 0.05) is 37.1 Å². The fourth-order valence-corrected chi connectivity index (χ4v) is 3.09. The zero-order valence-corrected chi connectivity index (χ0v) is 13.9. The first-order valence-electron chi connectivity index (χ1n) is 8.21. The van der Waals surface area contributed by atoms with E-state index in [9.17, 15) is 4.79 Å². The van der Waals surface area contributed by atoms with Crippen LogP contribution >= 0.6 is 0 Å². The molecule has 128 valence electrons. The molecule has 8 nitrogen and oxygen atoms in total. The van der Waals surface area contributed by atoms with Crippen molar-refractivity contribution in [3.05, 3.63) is 48.8 Å². The average Bonchev–Trinajstić information content (AvgIpc) is 3.23. The first-order chi connectivity index (χ1) is 12.2. The second-order valence-electron chi connectivity index (χ2n) is 6.13. The Morgan fingerprint density at radius 1 is 1.32 bits per heavy atom. The Balaban J connectivity index is 1.41. The molecule has 2 amide bonds. The van der Waals surface area contributed by atoms with Gasteiger partial charge in [-0.2, -0.15) is 5.10 Å². The molecule has 1 aromatic carbocycles. The van der Waals surface area contributed by atoms with E-state index in [-0.39, 0.29) is 12.1 Å². The Bertz CT molecular complexity index is 898. The van der Waals surface area contributed by atoms with Gasteiger partial charge in [-0.3, -0.25) is 0 Å². The van der Waals surface area contributed by atoms with E-state index in [4.69, 9.17) is 0 Å². The summed E-state index contributed by atoms with van der Waals surface area (Å²) in [5.74, 6) is 1.83. The molecule has 3 heterocycles. The lowest BCUT2D eigenvalue weighted by Crippen LogP contribution is -2.43. The fraction of sp³-hybridized carbons (Fsp3) is 0.294. The topological polar surface area (TPSA) is 89.7 Å². The van der Waals surface area contributed by atoms with E-state index in [1.54, 1.807) is 12.5 Å². The molecule has 0 radical (unpaired) electrons. The van der Waals surface area contributed by atoms with E-state index in [1.165, 1.54) is 0 Å². The average molecular weight is 337 g/mol. The van der Waals surface area contributed by atoms with Gasteiger partial charge in [-0.25, -0.2) is 19.4 Å². The Labute approximate surface area is 144 Å². The van der Waals surface area contributed by atoms with Crippen LogP contribution < -0.4 is 10.6 Å². The number of carbonyl (C=O) groups is 1. The molecule has 0 fully saturated rings. The van der Waals surface area contributed by atoms with E-state index in [1.807, 2.05) is 46.8 Å². The number of nitrogens with one attached hydrogen (secondary N) is 2. The van der Waals surface area contributed by atoms with Crippen molar-refractivity contribution in [1.29, 1.82) is 0 Å². The van der Waals surface area contributed by atoms with Crippen LogP contribution in [0.4, 0.5) is 10.5 Å². The predicted octanol–water partition coefficient (Wildman–Crippen LogP) is 1.82. The number of hydrogen-bond donors (Lipinski definition) is 2. The van der Waals surface area contributed by atoms with Gasteiger partial charge in [0.05, 0.1) is 12.6 Å². The van der Waals surface area contributed by atoms with Crippen molar-refractivity contribution in [2.24, 2.45) is 7.05 Å². The highest BCUT2D eigenvalue weighted by Crippen LogP contribution is 2.20. The summed E-state index contributed by atoms with van der Waals surface area (Å²) in [7, 11) is 1.94. The molecule has 8 heteroatoms. The summed E-state index contributed by atoms with van der Waals surface area (Å²) >= 11 is 0. The van der Waals surface area contributed by atoms with Crippen molar-refractivity contribution in [3.8, 4) is 11.4 Å². The Morgan fingerprint density at radius 2 is 2.24 bits per heavy atom. The van der Waals surface area contributed by atoms with Crippen LogP contribution in [0.3, 0.4) is 0 Å². The van der Waals surface area contributed by atoms with E-state index < -0.39 is 0 Å². The first-order valence-corrected chi connectivity index (χ1v) is 8.21. The van der Waals surface area contributed by atoms with Gasteiger partial charge in [0.2, 0.25) is 0 Å². The summed E-state index contributed by atoms with van der Waals surface area (Å²) in [6.45, 7) is 0.649. The molecule has 25 heavy (non-hydrogen) atoms. The smallest absolute Gasteiger partial charge is 0.319 e. The lowest BCUT2D eigenvalue weighted by Gasteiger charge is -2.23. The highest BCUT2D eigenvalue weighted by Gasteiger charge is 2.21. The molecule has 3 aromatic rings. The van der Waals surface area contributed by atoms with Crippen LogP contribution in [0.5, 0.6) is 0 Å². The molecule has 2 N–H and O–H groups in total. The van der Waals surface area contributed by atoms with Crippen LogP contribution in [0.25, 0.3) is 11.4 Å². The number of rotatable bonds is 3. The maximum Gasteiger partial charge on any atom is 0.319 e. The molecule has 4 rings (SSSR count). The molecule has 1 atom stereocenters. The van der Waals surface area contributed by atoms with Crippen molar-refractivity contribution in [2.45, 2.75) is 25.4 Å². The molecule has 0 aliphatic carbocycles. The standard InChI is InChI=1S/C17H19N7O/c1-23-8-7-18-16(23)12-3-2-4-13(9-12)21-17(25)22-14-5-6-15-19-11-20-24(15)10-14/h2-4,7-9,11,14H,5-6,10H2,1H3,(H2,21,22,25)/t14-/m1/s1. The van der Waals surface area contributed by atoms with E-state index in [0.717, 1.165) is 35.7 Å². The normalized spacial score (nSPS) is 16.3. The quantitative estimate of drug-likeness (QED) is 0.763. The van der Waals surface area contributed by atoms with Crippen LogP contribution in [-0.4, -0.2) is 36.4 Å². The number of aromatic nitrogens is 5. The summed E-state index contributed by atoms with van der Waals surface area (Å²) in [4.78, 5) is 20.8. The van der Waals surface area contributed by atoms with Gasteiger partial charge in [-0.1, -0.05) is 12.1 Å². The number of carbonyl (C=O) groups excluding carboxylic acids is 1. The maximum absolute atomic E-state index is 12.3. The molecule has 2 aromatic heterocycles. The minimum absolute atomic E-state index is 0.0481. The maximum atomic E-state index is 12.3. The van der Waals surface area contributed by atoms with E-state index >= 15 is 0 Å². The lowest BCUT2D eigenvalue weighted by atomic mass is 10.1. The Morgan fingerprint density at radius 3 is 3.08 bits per heavy atom. The molecule has 0 unspecified atom stereocenters. The van der Waals surface area contributed by atoms with Gasteiger partial charge in [0.1, 0.15) is 18.0 Å². The second-order valence-corrected chi connectivity index (χ2v) is 6.13. The Kier molecular flexibility index (Phi) is 3.93. The first kappa shape index (κ1) is 15.4. The zero-order valence-electron chi connectivity index (χ0n) is 13.9. The molecule has 1 aliphatic heterocycles. The van der Waals surface area contributed by atoms with Crippen LogP contribution in [0.15, 0.2) is 43.0 Å². The van der Waals surface area contributed by atoms with Crippen molar-refractivity contribution < 1.29 is 4.79 Å². The van der Waals surface area contributed by atoms with Crippen LogP contribution in [-0.2, 0) is 20.0 Å². The van der Waals surface area contributed by atoms with Crippen LogP contribution in [0.1, 0.15) is 12.2 Å². The van der Waals surface area contributed by atoms with Crippen molar-refractivity contribution in [1.82, 2.24) is 29.6 Å². The third-order valence-corrected chi connectivity index (χ3v) is 4.34. The third-order valence-electron chi connectivity index (χ3n) is 4.34. The molecular weight excluding hydrogens is 318 g/mol. The van der Waals surface area contributed by atoms with E-state index in [0.29, 0.717) is 6.54 Å². The third kappa shape index (κ3) is 3.23. The number of imidazole rings is 1. The van der Waals surface area contributed by atoms with Crippen molar-refractivity contribution in [3.63, 3.8) is 0 Å². The van der Waals surface area contributed by atoms with Gasteiger partial charge in [-0.05, 0) is 18.6 Å². The predicted molar refractivity (Wildman–Crippen MR) is 92.9 cm³/mol. The number of aryl methyl sites for hydroxylation is 2. The number of anilines is 1. The number of urea groups is 1. The zero-order chi connectivity index (χ0) is 17.2. The van der Waals surface area contributed by atoms with Gasteiger partial charge in [-0.15, -0.1) is 0 Å². The monoisotopic (exact) mass is 337 g/mol. The van der Waals surface area contributed by atoms with Gasteiger partial charge >= 0.3 is 6.03 Å². The minimum atomic E-state index is -0.217. The van der Waals surface area contributed by atoms with E-state index in [2.05, 4.69) is 25.7 Å². The van der Waals surface area contributed by atoms with Crippen LogP contribution in [0, 0.1) is 0 Å². The summed E-state index contributed by atoms with van der Waals surface area (Å²) in [5, 5.41) is 10.1. The summed E-state index contributed by atoms with van der Waals surface area (Å²) in [6.07, 6.45) is 6.88. The highest BCUT2D eigenvalue weighted by atomic mass is 16.2. The number of amides is 2. The van der Waals surface area contributed by atoms with Gasteiger partial charge in [0.25, 0.3) is 0 Å². The fourth-order valence-electron chi connectivity index (χ4n) is 3.09. The summed E-state index contributed by atoms with van der Waals surface area (Å²) in [5.41, 5.74) is 1.69. The van der Waals surface area contributed by atoms with Gasteiger partial charge < -0.3 is 15.2 Å².